The third kappa shape index (κ3) is 5.11. The van der Waals surface area contributed by atoms with E-state index in [-0.39, 0.29) is 16.7 Å². The minimum absolute atomic E-state index is 0.187. The van der Waals surface area contributed by atoms with Gasteiger partial charge in [-0.05, 0) is 67.4 Å². The van der Waals surface area contributed by atoms with Gasteiger partial charge in [-0.25, -0.2) is 15.0 Å². The summed E-state index contributed by atoms with van der Waals surface area (Å²) >= 11 is 0. The quantitative estimate of drug-likeness (QED) is 0.243. The predicted molar refractivity (Wildman–Crippen MR) is 149 cm³/mol. The van der Waals surface area contributed by atoms with Crippen LogP contribution < -0.4 is 11.1 Å². The lowest BCUT2D eigenvalue weighted by Gasteiger charge is -2.17. The van der Waals surface area contributed by atoms with Crippen LogP contribution in [0.25, 0.3) is 39.4 Å². The normalized spacial score (nSPS) is 11.4. The summed E-state index contributed by atoms with van der Waals surface area (Å²) in [5.74, 6) is -0.610. The van der Waals surface area contributed by atoms with Gasteiger partial charge >= 0.3 is 6.18 Å². The van der Waals surface area contributed by atoms with E-state index in [4.69, 9.17) is 10.7 Å². The average Bonchev–Trinajstić information content (AvgIpc) is 2.93. The van der Waals surface area contributed by atoms with Gasteiger partial charge in [0.1, 0.15) is 5.52 Å². The maximum Gasteiger partial charge on any atom is 0.417 e. The predicted octanol–water partition coefficient (Wildman–Crippen LogP) is 6.87. The molecule has 0 bridgehead atoms. The first-order valence-corrected chi connectivity index (χ1v) is 12.2. The van der Waals surface area contributed by atoms with Crippen molar-refractivity contribution in [3.05, 3.63) is 102 Å². The fourth-order valence-corrected chi connectivity index (χ4v) is 4.43. The highest BCUT2D eigenvalue weighted by molar-refractivity contribution is 6.01. The van der Waals surface area contributed by atoms with Crippen molar-refractivity contribution < 1.29 is 18.0 Å². The Morgan fingerprint density at radius 1 is 1.00 bits per heavy atom. The van der Waals surface area contributed by atoms with Crippen molar-refractivity contribution >= 4 is 34.5 Å². The molecule has 40 heavy (non-hydrogen) atoms. The molecule has 0 saturated heterocycles. The molecule has 3 aromatic heterocycles. The van der Waals surface area contributed by atoms with Crippen molar-refractivity contribution in [2.24, 2.45) is 5.73 Å². The molecule has 0 radical (unpaired) electrons. The molecule has 0 aliphatic heterocycles. The van der Waals surface area contributed by atoms with Crippen molar-refractivity contribution in [2.75, 3.05) is 5.32 Å². The summed E-state index contributed by atoms with van der Waals surface area (Å²) in [4.78, 5) is 30.1. The fourth-order valence-electron chi connectivity index (χ4n) is 4.43. The van der Waals surface area contributed by atoms with Gasteiger partial charge in [-0.3, -0.25) is 9.78 Å². The Morgan fingerprint density at radius 2 is 1.80 bits per heavy atom. The molecule has 10 heteroatoms. The number of carbonyl (C=O) groups excluding carboxylic acids is 1. The van der Waals surface area contributed by atoms with Crippen LogP contribution in [0.2, 0.25) is 0 Å². The second-order valence-electron chi connectivity index (χ2n) is 9.16. The van der Waals surface area contributed by atoms with E-state index in [1.807, 2.05) is 26.0 Å². The van der Waals surface area contributed by atoms with Gasteiger partial charge in [-0.1, -0.05) is 24.8 Å². The largest absolute Gasteiger partial charge is 0.417 e. The highest BCUT2D eigenvalue weighted by Gasteiger charge is 2.35. The molecule has 0 atom stereocenters. The Balaban J connectivity index is 1.63. The lowest BCUT2D eigenvalue weighted by atomic mass is 9.90. The van der Waals surface area contributed by atoms with Gasteiger partial charge in [0, 0.05) is 34.0 Å². The topological polar surface area (TPSA) is 107 Å². The molecule has 0 saturated carbocycles. The number of hydrogen-bond acceptors (Lipinski definition) is 6. The number of alkyl halides is 3. The maximum absolute atomic E-state index is 13.9. The van der Waals surface area contributed by atoms with E-state index in [9.17, 15) is 18.0 Å². The SMILES string of the molecule is C=Cc1nc(-c2cc(-c3c(C(N)=O)cccc3C(F)(F)F)ccc2C)cc2cnc(Nc3ccc(C)nc3)nc12. The zero-order valence-corrected chi connectivity index (χ0v) is 21.5. The van der Waals surface area contributed by atoms with E-state index in [0.717, 1.165) is 23.0 Å². The summed E-state index contributed by atoms with van der Waals surface area (Å²) in [5.41, 5.74) is 8.63. The van der Waals surface area contributed by atoms with E-state index < -0.39 is 17.6 Å². The number of nitrogens with zero attached hydrogens (tertiary/aromatic N) is 4. The smallest absolute Gasteiger partial charge is 0.366 e. The maximum atomic E-state index is 13.9. The third-order valence-electron chi connectivity index (χ3n) is 6.39. The van der Waals surface area contributed by atoms with Crippen molar-refractivity contribution in [2.45, 2.75) is 20.0 Å². The van der Waals surface area contributed by atoms with Crippen LogP contribution in [0.15, 0.2) is 73.6 Å². The van der Waals surface area contributed by atoms with Gasteiger partial charge in [-0.15, -0.1) is 0 Å². The molecule has 200 valence electrons. The number of nitrogens with two attached hydrogens (primary N) is 1. The van der Waals surface area contributed by atoms with Crippen molar-refractivity contribution in [1.29, 1.82) is 0 Å². The fraction of sp³-hybridized carbons (Fsp3) is 0.100. The highest BCUT2D eigenvalue weighted by Crippen LogP contribution is 2.40. The van der Waals surface area contributed by atoms with Gasteiger partial charge in [-0.2, -0.15) is 13.2 Å². The van der Waals surface area contributed by atoms with E-state index in [2.05, 4.69) is 26.8 Å². The zero-order valence-electron chi connectivity index (χ0n) is 21.5. The number of halogens is 3. The Bertz CT molecular complexity index is 1780. The molecule has 0 unspecified atom stereocenters. The molecule has 0 aliphatic rings. The monoisotopic (exact) mass is 540 g/mol. The van der Waals surface area contributed by atoms with E-state index >= 15 is 0 Å². The van der Waals surface area contributed by atoms with Crippen molar-refractivity contribution in [3.63, 3.8) is 0 Å². The van der Waals surface area contributed by atoms with Gasteiger partial charge < -0.3 is 11.1 Å². The molecule has 7 nitrogen and oxygen atoms in total. The summed E-state index contributed by atoms with van der Waals surface area (Å²) < 4.78 is 41.8. The standard InChI is InChI=1S/C30H23F3N6O/c1-4-24-27-19(14-36-29(39-27)37-20-11-9-17(3)35-15-20)13-25(38-24)22-12-18(10-8-16(22)2)26-21(28(34)40)6-5-7-23(26)30(31,32)33/h4-15H,1H2,2-3H3,(H2,34,40)(H,36,37,39). The minimum Gasteiger partial charge on any atom is -0.366 e. The zero-order chi connectivity index (χ0) is 28.6. The Hall–Kier alpha value is -5.12. The molecule has 1 amide bonds. The third-order valence-corrected chi connectivity index (χ3v) is 6.39. The number of amides is 1. The van der Waals surface area contributed by atoms with Gasteiger partial charge in [0.25, 0.3) is 0 Å². The molecule has 0 aliphatic carbocycles. The molecular formula is C30H23F3N6O. The lowest BCUT2D eigenvalue weighted by Crippen LogP contribution is -2.16. The molecule has 3 heterocycles. The molecule has 5 aromatic rings. The number of nitrogens with one attached hydrogen (secondary N) is 1. The molecular weight excluding hydrogens is 517 g/mol. The summed E-state index contributed by atoms with van der Waals surface area (Å²) in [5, 5.41) is 3.77. The van der Waals surface area contributed by atoms with Crippen LogP contribution in [0.3, 0.4) is 0 Å². The van der Waals surface area contributed by atoms with Gasteiger partial charge in [0.05, 0.1) is 28.8 Å². The number of hydrogen-bond donors (Lipinski definition) is 2. The van der Waals surface area contributed by atoms with Crippen LogP contribution >= 0.6 is 0 Å². The number of pyridine rings is 2. The number of aryl methyl sites for hydroxylation is 2. The number of rotatable bonds is 6. The molecule has 5 rings (SSSR count). The lowest BCUT2D eigenvalue weighted by molar-refractivity contribution is -0.137. The number of anilines is 2. The summed E-state index contributed by atoms with van der Waals surface area (Å²) in [7, 11) is 0. The Kier molecular flexibility index (Phi) is 6.76. The second kappa shape index (κ2) is 10.2. The Morgan fingerprint density at radius 3 is 2.48 bits per heavy atom. The van der Waals surface area contributed by atoms with E-state index in [0.29, 0.717) is 33.8 Å². The van der Waals surface area contributed by atoms with Crippen molar-refractivity contribution in [1.82, 2.24) is 19.9 Å². The van der Waals surface area contributed by atoms with Crippen LogP contribution in [-0.2, 0) is 6.18 Å². The highest BCUT2D eigenvalue weighted by atomic mass is 19.4. The molecule has 0 spiro atoms. The van der Waals surface area contributed by atoms with Crippen molar-refractivity contribution in [3.8, 4) is 22.4 Å². The van der Waals surface area contributed by atoms with Crippen LogP contribution in [-0.4, -0.2) is 25.8 Å². The van der Waals surface area contributed by atoms with Gasteiger partial charge in [0.15, 0.2) is 0 Å². The summed E-state index contributed by atoms with van der Waals surface area (Å²) in [6.45, 7) is 7.58. The number of primary amides is 1. The second-order valence-corrected chi connectivity index (χ2v) is 9.16. The first-order chi connectivity index (χ1) is 19.0. The molecule has 0 fully saturated rings. The first-order valence-electron chi connectivity index (χ1n) is 12.2. The molecule has 2 aromatic carbocycles. The summed E-state index contributed by atoms with van der Waals surface area (Å²) in [6, 6.07) is 13.7. The van der Waals surface area contributed by atoms with Crippen LogP contribution in [0, 0.1) is 13.8 Å². The van der Waals surface area contributed by atoms with E-state index in [1.165, 1.54) is 18.2 Å². The first kappa shape index (κ1) is 26.5. The van der Waals surface area contributed by atoms with Crippen LogP contribution in [0.4, 0.5) is 24.8 Å². The Labute approximate surface area is 227 Å². The van der Waals surface area contributed by atoms with Gasteiger partial charge in [0.2, 0.25) is 11.9 Å². The van der Waals surface area contributed by atoms with Crippen LogP contribution in [0.5, 0.6) is 0 Å². The summed E-state index contributed by atoms with van der Waals surface area (Å²) in [6.07, 6.45) is 0.170. The van der Waals surface area contributed by atoms with Crippen LogP contribution in [0.1, 0.15) is 32.9 Å². The number of carbonyl (C=O) groups is 1. The minimum atomic E-state index is -4.69. The number of fused-ring (bicyclic) bond motifs is 1. The molecule has 3 N–H and O–H groups in total. The number of aromatic nitrogens is 4. The van der Waals surface area contributed by atoms with E-state index in [1.54, 1.807) is 36.7 Å². The average molecular weight is 541 g/mol. The number of benzene rings is 2.